The number of aryl methyl sites for hydroxylation is 1. The fourth-order valence-corrected chi connectivity index (χ4v) is 3.81. The molecular formula is C22H26N6O4. The number of anilines is 1. The molecule has 6 N–H and O–H groups in total. The summed E-state index contributed by atoms with van der Waals surface area (Å²) in [5.41, 5.74) is 7.73. The second-order valence-electron chi connectivity index (χ2n) is 7.58. The Labute approximate surface area is 185 Å². The van der Waals surface area contributed by atoms with Gasteiger partial charge in [-0.25, -0.2) is 9.59 Å². The number of hydrogen-bond acceptors (Lipinski definition) is 7. The molecule has 0 spiro atoms. The maximum Gasteiger partial charge on any atom is 0.414 e. The molecule has 3 rings (SSSR count). The van der Waals surface area contributed by atoms with Crippen LogP contribution in [0.5, 0.6) is 0 Å². The fourth-order valence-electron chi connectivity index (χ4n) is 3.81. The lowest BCUT2D eigenvalue weighted by Gasteiger charge is -2.35. The van der Waals surface area contributed by atoms with Gasteiger partial charge < -0.3 is 21.3 Å². The number of carboxylic acid groups (broad SMARTS) is 2. The van der Waals surface area contributed by atoms with Crippen molar-refractivity contribution in [1.82, 2.24) is 15.5 Å². The highest BCUT2D eigenvalue weighted by Gasteiger charge is 2.36. The molecule has 1 aliphatic carbocycles. The number of nitriles is 2. The van der Waals surface area contributed by atoms with Gasteiger partial charge in [0.2, 0.25) is 0 Å². The van der Waals surface area contributed by atoms with Crippen LogP contribution in [-0.2, 0) is 21.4 Å². The van der Waals surface area contributed by atoms with E-state index in [2.05, 4.69) is 39.8 Å². The molecule has 1 fully saturated rings. The number of carbonyl (C=O) groups is 2. The number of aromatic nitrogens is 2. The average molecular weight is 438 g/mol. The molecule has 1 aliphatic rings. The van der Waals surface area contributed by atoms with Gasteiger partial charge in [0.1, 0.15) is 11.6 Å². The summed E-state index contributed by atoms with van der Waals surface area (Å²) in [6.45, 7) is 0.874. The van der Waals surface area contributed by atoms with E-state index in [4.69, 9.17) is 30.8 Å². The standard InChI is InChI=1S/C20H24N6.C2H2O4/c21-13-17-18(25-26-19(17)23)7-4-12-24-16-8-10-20(14-22,11-9-16)15-5-2-1-3-6-15;3-1(4)2(5)6/h1-3,5-6,16,24H,4,7-12H2,(H3,23,25,26);(H,3,4)(H,5,6). The first kappa shape index (κ1) is 24.4. The number of aliphatic carboxylic acids is 2. The Kier molecular flexibility index (Phi) is 8.75. The predicted octanol–water partition coefficient (Wildman–Crippen LogP) is 1.95. The summed E-state index contributed by atoms with van der Waals surface area (Å²) in [4.78, 5) is 18.2. The van der Waals surface area contributed by atoms with Crippen molar-refractivity contribution in [3.8, 4) is 12.1 Å². The summed E-state index contributed by atoms with van der Waals surface area (Å²) in [5, 5.41) is 43.9. The van der Waals surface area contributed by atoms with Crippen molar-refractivity contribution in [1.29, 1.82) is 10.5 Å². The summed E-state index contributed by atoms with van der Waals surface area (Å²) in [6.07, 6.45) is 5.45. The van der Waals surface area contributed by atoms with Crippen LogP contribution in [0.1, 0.15) is 48.9 Å². The van der Waals surface area contributed by atoms with Crippen LogP contribution in [0.3, 0.4) is 0 Å². The van der Waals surface area contributed by atoms with Gasteiger partial charge in [-0.2, -0.15) is 15.6 Å². The van der Waals surface area contributed by atoms with Crippen molar-refractivity contribution in [2.24, 2.45) is 0 Å². The number of rotatable bonds is 6. The van der Waals surface area contributed by atoms with Gasteiger partial charge in [0.15, 0.2) is 5.82 Å². The Hall–Kier alpha value is -3.89. The minimum atomic E-state index is -1.82. The Morgan fingerprint density at radius 1 is 1.19 bits per heavy atom. The lowest BCUT2D eigenvalue weighted by Crippen LogP contribution is -2.39. The van der Waals surface area contributed by atoms with Crippen LogP contribution in [0, 0.1) is 22.7 Å². The Balaban J connectivity index is 0.000000534. The smallest absolute Gasteiger partial charge is 0.414 e. The zero-order valence-electron chi connectivity index (χ0n) is 17.5. The van der Waals surface area contributed by atoms with E-state index in [-0.39, 0.29) is 11.2 Å². The number of nitrogens with two attached hydrogens (primary N) is 1. The van der Waals surface area contributed by atoms with Crippen molar-refractivity contribution in [3.05, 3.63) is 47.2 Å². The first-order chi connectivity index (χ1) is 15.3. The molecule has 32 heavy (non-hydrogen) atoms. The highest BCUT2D eigenvalue weighted by atomic mass is 16.4. The van der Waals surface area contributed by atoms with E-state index in [9.17, 15) is 5.26 Å². The van der Waals surface area contributed by atoms with Gasteiger partial charge in [-0.05, 0) is 50.6 Å². The van der Waals surface area contributed by atoms with Crippen LogP contribution in [0.25, 0.3) is 0 Å². The Morgan fingerprint density at radius 3 is 2.34 bits per heavy atom. The lowest BCUT2D eigenvalue weighted by atomic mass is 9.69. The molecule has 0 bridgehead atoms. The highest BCUT2D eigenvalue weighted by Crippen LogP contribution is 2.38. The normalized spacial score (nSPS) is 19.6. The quantitative estimate of drug-likeness (QED) is 0.331. The van der Waals surface area contributed by atoms with Crippen LogP contribution >= 0.6 is 0 Å². The van der Waals surface area contributed by atoms with Gasteiger partial charge in [-0.3, -0.25) is 5.10 Å². The molecule has 0 radical (unpaired) electrons. The second-order valence-corrected chi connectivity index (χ2v) is 7.58. The lowest BCUT2D eigenvalue weighted by molar-refractivity contribution is -0.159. The average Bonchev–Trinajstić information content (AvgIpc) is 3.17. The van der Waals surface area contributed by atoms with Gasteiger partial charge in [0.05, 0.1) is 17.2 Å². The number of carboxylic acids is 2. The maximum atomic E-state index is 9.76. The van der Waals surface area contributed by atoms with Crippen molar-refractivity contribution >= 4 is 17.8 Å². The number of hydrogen-bond donors (Lipinski definition) is 5. The van der Waals surface area contributed by atoms with Crippen LogP contribution in [0.15, 0.2) is 30.3 Å². The van der Waals surface area contributed by atoms with E-state index < -0.39 is 11.9 Å². The summed E-state index contributed by atoms with van der Waals surface area (Å²) < 4.78 is 0. The number of nitrogens with zero attached hydrogens (tertiary/aromatic N) is 3. The monoisotopic (exact) mass is 438 g/mol. The third kappa shape index (κ3) is 6.30. The minimum absolute atomic E-state index is 0.275. The third-order valence-corrected chi connectivity index (χ3v) is 5.58. The first-order valence-electron chi connectivity index (χ1n) is 10.2. The van der Waals surface area contributed by atoms with E-state index >= 15 is 0 Å². The molecule has 1 heterocycles. The molecule has 1 saturated carbocycles. The third-order valence-electron chi connectivity index (χ3n) is 5.58. The topological polar surface area (TPSA) is 189 Å². The predicted molar refractivity (Wildman–Crippen MR) is 115 cm³/mol. The van der Waals surface area contributed by atoms with Crippen LogP contribution in [0.2, 0.25) is 0 Å². The van der Waals surface area contributed by atoms with Gasteiger partial charge in [-0.1, -0.05) is 30.3 Å². The van der Waals surface area contributed by atoms with E-state index in [1.807, 2.05) is 18.2 Å². The van der Waals surface area contributed by atoms with E-state index in [1.165, 1.54) is 0 Å². The van der Waals surface area contributed by atoms with Gasteiger partial charge in [0.25, 0.3) is 0 Å². The zero-order chi connectivity index (χ0) is 23.6. The Morgan fingerprint density at radius 2 is 1.81 bits per heavy atom. The molecule has 0 atom stereocenters. The van der Waals surface area contributed by atoms with Crippen molar-refractivity contribution in [3.63, 3.8) is 0 Å². The number of aromatic amines is 1. The molecular weight excluding hydrogens is 412 g/mol. The van der Waals surface area contributed by atoms with Crippen molar-refractivity contribution in [2.75, 3.05) is 12.3 Å². The van der Waals surface area contributed by atoms with Crippen molar-refractivity contribution < 1.29 is 19.8 Å². The second kappa shape index (κ2) is 11.5. The number of nitrogens with one attached hydrogen (secondary N) is 2. The largest absolute Gasteiger partial charge is 0.473 e. The van der Waals surface area contributed by atoms with Crippen LogP contribution < -0.4 is 11.1 Å². The molecule has 0 aliphatic heterocycles. The van der Waals surface area contributed by atoms with E-state index in [0.29, 0.717) is 11.6 Å². The maximum absolute atomic E-state index is 9.76. The fraction of sp³-hybridized carbons (Fsp3) is 0.409. The van der Waals surface area contributed by atoms with Gasteiger partial charge in [0, 0.05) is 6.04 Å². The molecule has 1 aromatic heterocycles. The van der Waals surface area contributed by atoms with Crippen LogP contribution in [0.4, 0.5) is 5.82 Å². The summed E-state index contributed by atoms with van der Waals surface area (Å²) in [7, 11) is 0. The molecule has 1 aromatic carbocycles. The molecule has 2 aromatic rings. The number of H-pyrrole nitrogens is 1. The van der Waals surface area contributed by atoms with E-state index in [1.54, 1.807) is 0 Å². The van der Waals surface area contributed by atoms with Gasteiger partial charge in [-0.15, -0.1) is 0 Å². The summed E-state index contributed by atoms with van der Waals surface area (Å²) in [6, 6.07) is 15.3. The molecule has 10 heteroatoms. The van der Waals surface area contributed by atoms with E-state index in [0.717, 1.165) is 56.3 Å². The highest BCUT2D eigenvalue weighted by molar-refractivity contribution is 6.27. The molecule has 0 saturated heterocycles. The summed E-state index contributed by atoms with van der Waals surface area (Å²) in [5.74, 6) is -3.37. The summed E-state index contributed by atoms with van der Waals surface area (Å²) >= 11 is 0. The molecule has 10 nitrogen and oxygen atoms in total. The van der Waals surface area contributed by atoms with Gasteiger partial charge >= 0.3 is 11.9 Å². The van der Waals surface area contributed by atoms with Crippen LogP contribution in [-0.4, -0.2) is 44.9 Å². The van der Waals surface area contributed by atoms with Crippen molar-refractivity contribution in [2.45, 2.75) is 50.0 Å². The zero-order valence-corrected chi connectivity index (χ0v) is 17.5. The number of benzene rings is 1. The first-order valence-corrected chi connectivity index (χ1v) is 10.2. The number of nitrogen functional groups attached to an aromatic ring is 1. The SMILES string of the molecule is N#Cc1c(N)n[nH]c1CCCNC1CCC(C#N)(c2ccccc2)CC1.O=C(O)C(=O)O. The molecule has 0 unspecified atom stereocenters. The molecule has 0 amide bonds. The molecule has 168 valence electrons. The minimum Gasteiger partial charge on any atom is -0.473 e. The Bertz CT molecular complexity index is 986.